The van der Waals surface area contributed by atoms with Gasteiger partial charge in [0, 0.05) is 18.2 Å². The zero-order valence-electron chi connectivity index (χ0n) is 12.3. The Morgan fingerprint density at radius 1 is 1.14 bits per heavy atom. The molecule has 0 saturated carbocycles. The van der Waals surface area contributed by atoms with Gasteiger partial charge in [0.1, 0.15) is 11.5 Å². The molecule has 0 unspecified atom stereocenters. The van der Waals surface area contributed by atoms with Gasteiger partial charge in [-0.3, -0.25) is 0 Å². The molecule has 4 heteroatoms. The van der Waals surface area contributed by atoms with Gasteiger partial charge in [-0.25, -0.2) is 0 Å². The SMILES string of the molecule is CC(C)NCc1cccc(Cl)c1Oc1ccc(CO)cc1. The first-order valence-corrected chi connectivity index (χ1v) is 7.36. The van der Waals surface area contributed by atoms with Gasteiger partial charge in [-0.05, 0) is 23.8 Å². The molecule has 21 heavy (non-hydrogen) atoms. The lowest BCUT2D eigenvalue weighted by molar-refractivity contribution is 0.281. The molecule has 0 aliphatic heterocycles. The quantitative estimate of drug-likeness (QED) is 0.843. The van der Waals surface area contributed by atoms with Gasteiger partial charge in [0.2, 0.25) is 0 Å². The van der Waals surface area contributed by atoms with Crippen LogP contribution >= 0.6 is 11.6 Å². The van der Waals surface area contributed by atoms with Crippen molar-refractivity contribution in [1.29, 1.82) is 0 Å². The highest BCUT2D eigenvalue weighted by Gasteiger charge is 2.10. The van der Waals surface area contributed by atoms with Crippen molar-refractivity contribution in [3.8, 4) is 11.5 Å². The number of benzene rings is 2. The Morgan fingerprint density at radius 2 is 1.86 bits per heavy atom. The zero-order chi connectivity index (χ0) is 15.2. The lowest BCUT2D eigenvalue weighted by Crippen LogP contribution is -2.22. The number of ether oxygens (including phenoxy) is 1. The van der Waals surface area contributed by atoms with Gasteiger partial charge >= 0.3 is 0 Å². The molecule has 0 saturated heterocycles. The van der Waals surface area contributed by atoms with E-state index >= 15 is 0 Å². The number of halogens is 1. The smallest absolute Gasteiger partial charge is 0.150 e. The number of nitrogens with one attached hydrogen (secondary N) is 1. The summed E-state index contributed by atoms with van der Waals surface area (Å²) in [7, 11) is 0. The van der Waals surface area contributed by atoms with E-state index in [4.69, 9.17) is 21.4 Å². The van der Waals surface area contributed by atoms with Crippen molar-refractivity contribution in [1.82, 2.24) is 5.32 Å². The van der Waals surface area contributed by atoms with Crippen molar-refractivity contribution in [2.24, 2.45) is 0 Å². The summed E-state index contributed by atoms with van der Waals surface area (Å²) in [5.41, 5.74) is 1.87. The minimum absolute atomic E-state index is 0.0237. The Bertz CT molecular complexity index is 582. The molecule has 0 fully saturated rings. The molecule has 0 aliphatic rings. The van der Waals surface area contributed by atoms with Crippen molar-refractivity contribution in [3.63, 3.8) is 0 Å². The van der Waals surface area contributed by atoms with E-state index < -0.39 is 0 Å². The van der Waals surface area contributed by atoms with E-state index in [1.165, 1.54) is 0 Å². The largest absolute Gasteiger partial charge is 0.455 e. The fourth-order valence-electron chi connectivity index (χ4n) is 1.90. The van der Waals surface area contributed by atoms with E-state index in [-0.39, 0.29) is 6.61 Å². The Morgan fingerprint density at radius 3 is 2.48 bits per heavy atom. The van der Waals surface area contributed by atoms with Crippen LogP contribution in [0.15, 0.2) is 42.5 Å². The average molecular weight is 306 g/mol. The minimum atomic E-state index is 0.0237. The highest BCUT2D eigenvalue weighted by atomic mass is 35.5. The minimum Gasteiger partial charge on any atom is -0.455 e. The second-order valence-corrected chi connectivity index (χ2v) is 5.58. The topological polar surface area (TPSA) is 41.5 Å². The number of aliphatic hydroxyl groups excluding tert-OH is 1. The molecule has 3 nitrogen and oxygen atoms in total. The second kappa shape index (κ2) is 7.46. The van der Waals surface area contributed by atoms with Crippen LogP contribution < -0.4 is 10.1 Å². The fraction of sp³-hybridized carbons (Fsp3) is 0.294. The average Bonchev–Trinajstić information content (AvgIpc) is 2.48. The summed E-state index contributed by atoms with van der Waals surface area (Å²) < 4.78 is 5.92. The number of hydrogen-bond donors (Lipinski definition) is 2. The van der Waals surface area contributed by atoms with E-state index in [1.54, 1.807) is 0 Å². The van der Waals surface area contributed by atoms with Crippen molar-refractivity contribution in [2.45, 2.75) is 33.0 Å². The summed E-state index contributed by atoms with van der Waals surface area (Å²) in [6.45, 7) is 4.91. The Balaban J connectivity index is 2.20. The van der Waals surface area contributed by atoms with Crippen LogP contribution in [0.4, 0.5) is 0 Å². The molecule has 2 aromatic carbocycles. The van der Waals surface area contributed by atoms with E-state index in [1.807, 2.05) is 42.5 Å². The van der Waals surface area contributed by atoms with Crippen LogP contribution in [0.1, 0.15) is 25.0 Å². The summed E-state index contributed by atoms with van der Waals surface area (Å²) in [4.78, 5) is 0. The van der Waals surface area contributed by atoms with E-state index in [9.17, 15) is 0 Å². The first-order chi connectivity index (χ1) is 10.1. The summed E-state index contributed by atoms with van der Waals surface area (Å²) in [6.07, 6.45) is 0. The van der Waals surface area contributed by atoms with Crippen molar-refractivity contribution in [2.75, 3.05) is 0 Å². The van der Waals surface area contributed by atoms with Crippen LogP contribution in [-0.4, -0.2) is 11.1 Å². The van der Waals surface area contributed by atoms with E-state index in [0.29, 0.717) is 29.1 Å². The first kappa shape index (κ1) is 15.8. The maximum atomic E-state index is 9.06. The number of hydrogen-bond acceptors (Lipinski definition) is 3. The molecular formula is C17H20ClNO2. The predicted molar refractivity (Wildman–Crippen MR) is 85.9 cm³/mol. The number of para-hydroxylation sites is 1. The molecule has 2 aromatic rings. The maximum absolute atomic E-state index is 9.06. The maximum Gasteiger partial charge on any atom is 0.150 e. The highest BCUT2D eigenvalue weighted by Crippen LogP contribution is 2.33. The molecular weight excluding hydrogens is 286 g/mol. The fourth-order valence-corrected chi connectivity index (χ4v) is 2.13. The molecule has 0 aliphatic carbocycles. The van der Waals surface area contributed by atoms with Gasteiger partial charge < -0.3 is 15.2 Å². The van der Waals surface area contributed by atoms with Gasteiger partial charge in [-0.15, -0.1) is 0 Å². The number of rotatable bonds is 6. The van der Waals surface area contributed by atoms with Gasteiger partial charge in [0.25, 0.3) is 0 Å². The third-order valence-electron chi connectivity index (χ3n) is 3.08. The zero-order valence-corrected chi connectivity index (χ0v) is 13.0. The van der Waals surface area contributed by atoms with Crippen LogP contribution in [-0.2, 0) is 13.2 Å². The van der Waals surface area contributed by atoms with Gasteiger partial charge in [0.05, 0.1) is 11.6 Å². The molecule has 0 aromatic heterocycles. The molecule has 0 heterocycles. The molecule has 2 rings (SSSR count). The summed E-state index contributed by atoms with van der Waals surface area (Å²) in [6, 6.07) is 13.4. The Kier molecular flexibility index (Phi) is 5.62. The lowest BCUT2D eigenvalue weighted by atomic mass is 10.2. The van der Waals surface area contributed by atoms with Crippen LogP contribution in [0, 0.1) is 0 Å². The van der Waals surface area contributed by atoms with Gasteiger partial charge in [0.15, 0.2) is 0 Å². The molecule has 0 bridgehead atoms. The Hall–Kier alpha value is -1.55. The second-order valence-electron chi connectivity index (χ2n) is 5.17. The van der Waals surface area contributed by atoms with E-state index in [0.717, 1.165) is 11.1 Å². The Labute approximate surface area is 130 Å². The van der Waals surface area contributed by atoms with Crippen molar-refractivity contribution < 1.29 is 9.84 Å². The summed E-state index contributed by atoms with van der Waals surface area (Å²) in [5, 5.41) is 13.0. The van der Waals surface area contributed by atoms with Gasteiger partial charge in [-0.1, -0.05) is 49.7 Å². The van der Waals surface area contributed by atoms with Gasteiger partial charge in [-0.2, -0.15) is 0 Å². The van der Waals surface area contributed by atoms with Crippen LogP contribution in [0.5, 0.6) is 11.5 Å². The van der Waals surface area contributed by atoms with Crippen LogP contribution in [0.2, 0.25) is 5.02 Å². The molecule has 0 amide bonds. The highest BCUT2D eigenvalue weighted by molar-refractivity contribution is 6.32. The van der Waals surface area contributed by atoms with Crippen LogP contribution in [0.3, 0.4) is 0 Å². The molecule has 112 valence electrons. The monoisotopic (exact) mass is 305 g/mol. The first-order valence-electron chi connectivity index (χ1n) is 6.98. The van der Waals surface area contributed by atoms with Crippen molar-refractivity contribution in [3.05, 3.63) is 58.6 Å². The summed E-state index contributed by atoms with van der Waals surface area (Å²) >= 11 is 6.26. The van der Waals surface area contributed by atoms with Crippen molar-refractivity contribution >= 4 is 11.6 Å². The normalized spacial score (nSPS) is 10.9. The third-order valence-corrected chi connectivity index (χ3v) is 3.37. The van der Waals surface area contributed by atoms with Crippen LogP contribution in [0.25, 0.3) is 0 Å². The summed E-state index contributed by atoms with van der Waals surface area (Å²) in [5.74, 6) is 1.37. The third kappa shape index (κ3) is 4.46. The molecule has 0 radical (unpaired) electrons. The molecule has 0 spiro atoms. The molecule has 0 atom stereocenters. The van der Waals surface area contributed by atoms with E-state index in [2.05, 4.69) is 19.2 Å². The molecule has 2 N–H and O–H groups in total. The standard InChI is InChI=1S/C17H20ClNO2/c1-12(2)19-10-14-4-3-5-16(18)17(14)21-15-8-6-13(11-20)7-9-15/h3-9,12,19-20H,10-11H2,1-2H3. The number of aliphatic hydroxyl groups is 1. The lowest BCUT2D eigenvalue weighted by Gasteiger charge is -2.15. The predicted octanol–water partition coefficient (Wildman–Crippen LogP) is 4.12.